The number of anilines is 2. The maximum Gasteiger partial charge on any atom is 0.261 e. The third kappa shape index (κ3) is 6.18. The van der Waals surface area contributed by atoms with Gasteiger partial charge in [-0.15, -0.1) is 0 Å². The molecule has 0 aliphatic carbocycles. The molecule has 1 aromatic heterocycles. The summed E-state index contributed by atoms with van der Waals surface area (Å²) in [5.74, 6) is -1.23. The van der Waals surface area contributed by atoms with Gasteiger partial charge < -0.3 is 30.3 Å². The first-order chi connectivity index (χ1) is 19.4. The Morgan fingerprint density at radius 1 is 0.975 bits per heavy atom. The molecule has 2 aliphatic heterocycles. The molecule has 2 fully saturated rings. The number of pyridine rings is 1. The highest BCUT2D eigenvalue weighted by Crippen LogP contribution is 2.26. The quantitative estimate of drug-likeness (QED) is 0.400. The van der Waals surface area contributed by atoms with Gasteiger partial charge in [0.25, 0.3) is 11.8 Å². The summed E-state index contributed by atoms with van der Waals surface area (Å²) in [4.78, 5) is 43.3. The Kier molecular flexibility index (Phi) is 8.76. The molecule has 212 valence electrons. The van der Waals surface area contributed by atoms with Crippen molar-refractivity contribution < 1.29 is 14.0 Å². The first-order valence-electron chi connectivity index (χ1n) is 14.2. The molecule has 0 bridgehead atoms. The van der Waals surface area contributed by atoms with Gasteiger partial charge in [0, 0.05) is 68.6 Å². The van der Waals surface area contributed by atoms with Crippen molar-refractivity contribution in [1.29, 1.82) is 0 Å². The Labute approximate surface area is 233 Å². The number of carbonyl (C=O) groups is 2. The van der Waals surface area contributed by atoms with Gasteiger partial charge in [-0.05, 0) is 69.3 Å². The largest absolute Gasteiger partial charge is 0.367 e. The number of nitrogens with one attached hydrogen (secondary N) is 3. The average Bonchev–Trinajstić information content (AvgIpc) is 2.98. The van der Waals surface area contributed by atoms with E-state index in [9.17, 15) is 14.4 Å². The molecule has 2 amide bonds. The van der Waals surface area contributed by atoms with Crippen molar-refractivity contribution in [1.82, 2.24) is 20.1 Å². The summed E-state index contributed by atoms with van der Waals surface area (Å²) in [6.45, 7) is 8.89. The molecule has 0 atom stereocenters. The number of halogens is 1. The highest BCUT2D eigenvalue weighted by Gasteiger charge is 2.21. The summed E-state index contributed by atoms with van der Waals surface area (Å²) in [7, 11) is 0. The van der Waals surface area contributed by atoms with Crippen LogP contribution in [0.25, 0.3) is 10.9 Å². The minimum absolute atomic E-state index is 0.0665. The summed E-state index contributed by atoms with van der Waals surface area (Å²) < 4.78 is 16.9. The van der Waals surface area contributed by atoms with Crippen molar-refractivity contribution in [3.63, 3.8) is 0 Å². The summed E-state index contributed by atoms with van der Waals surface area (Å²) in [6.07, 6.45) is 5.23. The maximum atomic E-state index is 15.1. The zero-order chi connectivity index (χ0) is 28.1. The van der Waals surface area contributed by atoms with Gasteiger partial charge in [-0.2, -0.15) is 0 Å². The van der Waals surface area contributed by atoms with E-state index < -0.39 is 17.2 Å². The molecule has 10 heteroatoms. The fourth-order valence-corrected chi connectivity index (χ4v) is 5.49. The van der Waals surface area contributed by atoms with E-state index in [0.717, 1.165) is 32.7 Å². The Bertz CT molecular complexity index is 1430. The molecular weight excluding hydrogens is 511 g/mol. The number of rotatable bonds is 8. The minimum atomic E-state index is -0.584. The summed E-state index contributed by atoms with van der Waals surface area (Å²) >= 11 is 0. The average molecular weight is 549 g/mol. The number of nitrogens with zero attached hydrogens (tertiary/aromatic N) is 3. The number of piperidine rings is 1. The first-order valence-corrected chi connectivity index (χ1v) is 14.2. The van der Waals surface area contributed by atoms with Crippen LogP contribution in [0.3, 0.4) is 0 Å². The van der Waals surface area contributed by atoms with Crippen molar-refractivity contribution in [3.8, 4) is 0 Å². The van der Waals surface area contributed by atoms with Crippen molar-refractivity contribution in [2.45, 2.75) is 32.7 Å². The smallest absolute Gasteiger partial charge is 0.261 e. The predicted octanol–water partition coefficient (Wildman–Crippen LogP) is 3.04. The lowest BCUT2D eigenvalue weighted by molar-refractivity contribution is 0.0946. The van der Waals surface area contributed by atoms with E-state index in [4.69, 9.17) is 0 Å². The van der Waals surface area contributed by atoms with Crippen LogP contribution in [-0.4, -0.2) is 73.6 Å². The number of carbonyl (C=O) groups excluding carboxylic acids is 2. The van der Waals surface area contributed by atoms with Gasteiger partial charge in [-0.1, -0.05) is 6.42 Å². The zero-order valence-electron chi connectivity index (χ0n) is 23.0. The number of hydrogen-bond acceptors (Lipinski definition) is 6. The second kappa shape index (κ2) is 12.6. The molecule has 2 saturated heterocycles. The summed E-state index contributed by atoms with van der Waals surface area (Å²) in [6, 6.07) is 9.51. The van der Waals surface area contributed by atoms with E-state index in [-0.39, 0.29) is 16.9 Å². The van der Waals surface area contributed by atoms with Gasteiger partial charge in [0.2, 0.25) is 5.43 Å². The van der Waals surface area contributed by atoms with E-state index in [1.807, 2.05) is 11.8 Å². The monoisotopic (exact) mass is 548 g/mol. The van der Waals surface area contributed by atoms with E-state index in [1.54, 1.807) is 34.9 Å². The topological polar surface area (TPSA) is 98.7 Å². The molecule has 0 saturated carbocycles. The Morgan fingerprint density at radius 3 is 2.40 bits per heavy atom. The fraction of sp³-hybridized carbons (Fsp3) is 0.433. The van der Waals surface area contributed by atoms with Gasteiger partial charge in [0.1, 0.15) is 11.4 Å². The molecular formula is C30H37FN6O3. The predicted molar refractivity (Wildman–Crippen MR) is 156 cm³/mol. The summed E-state index contributed by atoms with van der Waals surface area (Å²) in [5.41, 5.74) is 1.41. The van der Waals surface area contributed by atoms with Crippen LogP contribution in [-0.2, 0) is 6.54 Å². The molecule has 0 unspecified atom stereocenters. The molecule has 3 heterocycles. The van der Waals surface area contributed by atoms with E-state index in [0.29, 0.717) is 48.6 Å². The van der Waals surface area contributed by atoms with Crippen LogP contribution in [0.4, 0.5) is 15.8 Å². The van der Waals surface area contributed by atoms with Crippen molar-refractivity contribution >= 4 is 34.1 Å². The first kappa shape index (κ1) is 27.8. The number of likely N-dealkylation sites (tertiary alicyclic amines) is 1. The third-order valence-electron chi connectivity index (χ3n) is 7.76. The second-order valence-electron chi connectivity index (χ2n) is 10.4. The zero-order valence-corrected chi connectivity index (χ0v) is 23.0. The normalized spacial score (nSPS) is 16.2. The number of aromatic nitrogens is 1. The van der Waals surface area contributed by atoms with E-state index in [2.05, 4.69) is 20.9 Å². The van der Waals surface area contributed by atoms with Gasteiger partial charge in [0.05, 0.1) is 11.2 Å². The van der Waals surface area contributed by atoms with Crippen LogP contribution in [0.1, 0.15) is 46.9 Å². The van der Waals surface area contributed by atoms with Crippen LogP contribution in [0.15, 0.2) is 47.4 Å². The van der Waals surface area contributed by atoms with Gasteiger partial charge in [0.15, 0.2) is 0 Å². The third-order valence-corrected chi connectivity index (χ3v) is 7.76. The molecule has 2 aliphatic rings. The standard InChI is InChI=1S/C30H37FN6O3/c1-2-36-20-24(28(38)23-18-25(31)27(19-26(23)36)37-16-10-32-11-17-37)30(40)34-22-8-6-21(7-9-22)29(39)33-12-15-35-13-4-3-5-14-35/h6-9,18-20,32H,2-5,10-17H2,1H3,(H,33,39)(H,34,40). The Morgan fingerprint density at radius 2 is 1.70 bits per heavy atom. The number of benzene rings is 2. The molecule has 0 spiro atoms. The number of amides is 2. The summed E-state index contributed by atoms with van der Waals surface area (Å²) in [5, 5.41) is 9.12. The molecule has 3 N–H and O–H groups in total. The van der Waals surface area contributed by atoms with Crippen molar-refractivity contribution in [3.05, 3.63) is 69.8 Å². The maximum absolute atomic E-state index is 15.1. The molecule has 2 aromatic carbocycles. The van der Waals surface area contributed by atoms with Crippen LogP contribution in [0.5, 0.6) is 0 Å². The van der Waals surface area contributed by atoms with Crippen molar-refractivity contribution in [2.75, 3.05) is 62.6 Å². The van der Waals surface area contributed by atoms with Crippen LogP contribution in [0, 0.1) is 5.82 Å². The SMILES string of the molecule is CCn1cc(C(=O)Nc2ccc(C(=O)NCCN3CCCCC3)cc2)c(=O)c2cc(F)c(N3CCNCC3)cc21. The molecule has 40 heavy (non-hydrogen) atoms. The van der Waals surface area contributed by atoms with Gasteiger partial charge in [-0.3, -0.25) is 14.4 Å². The number of piperazine rings is 1. The van der Waals surface area contributed by atoms with E-state index in [1.165, 1.54) is 31.5 Å². The second-order valence-corrected chi connectivity index (χ2v) is 10.4. The Hall–Kier alpha value is -3.76. The van der Waals surface area contributed by atoms with Gasteiger partial charge in [-0.25, -0.2) is 4.39 Å². The Balaban J connectivity index is 1.28. The van der Waals surface area contributed by atoms with Crippen LogP contribution in [0.2, 0.25) is 0 Å². The lowest BCUT2D eigenvalue weighted by Crippen LogP contribution is -2.43. The van der Waals surface area contributed by atoms with Crippen LogP contribution >= 0.6 is 0 Å². The highest BCUT2D eigenvalue weighted by atomic mass is 19.1. The van der Waals surface area contributed by atoms with Crippen molar-refractivity contribution in [2.24, 2.45) is 0 Å². The fourth-order valence-electron chi connectivity index (χ4n) is 5.49. The van der Waals surface area contributed by atoms with E-state index >= 15 is 4.39 Å². The highest BCUT2D eigenvalue weighted by molar-refractivity contribution is 6.06. The molecule has 3 aromatic rings. The van der Waals surface area contributed by atoms with Gasteiger partial charge >= 0.3 is 0 Å². The lowest BCUT2D eigenvalue weighted by Gasteiger charge is -2.30. The lowest BCUT2D eigenvalue weighted by atomic mass is 10.1. The molecule has 9 nitrogen and oxygen atoms in total. The molecule has 5 rings (SSSR count). The number of hydrogen-bond donors (Lipinski definition) is 3. The van der Waals surface area contributed by atoms with Crippen LogP contribution < -0.4 is 26.3 Å². The molecule has 0 radical (unpaired) electrons. The number of aryl methyl sites for hydroxylation is 1. The number of fused-ring (bicyclic) bond motifs is 1. The minimum Gasteiger partial charge on any atom is -0.367 e.